The molecule has 0 amide bonds. The molecule has 0 fully saturated rings. The topological polar surface area (TPSA) is 53.4 Å². The summed E-state index contributed by atoms with van der Waals surface area (Å²) < 4.78 is 0. The molecule has 0 aliphatic carbocycles. The highest BCUT2D eigenvalue weighted by Gasteiger charge is 2.10. The van der Waals surface area contributed by atoms with Crippen LogP contribution in [0.25, 0.3) is 10.9 Å². The third-order valence-corrected chi connectivity index (χ3v) is 2.62. The van der Waals surface area contributed by atoms with Crippen LogP contribution in [0, 0.1) is 6.92 Å². The summed E-state index contributed by atoms with van der Waals surface area (Å²) in [5, 5.41) is 9.85. The molecule has 2 rings (SSSR count). The van der Waals surface area contributed by atoms with Crippen LogP contribution in [0.15, 0.2) is 30.3 Å². The van der Waals surface area contributed by atoms with Crippen molar-refractivity contribution in [2.75, 3.05) is 18.5 Å². The fourth-order valence-electron chi connectivity index (χ4n) is 1.88. The first-order chi connectivity index (χ1) is 8.08. The highest BCUT2D eigenvalue weighted by atomic mass is 16.4. The van der Waals surface area contributed by atoms with Crippen LogP contribution >= 0.6 is 0 Å². The Hall–Kier alpha value is -2.10. The average molecular weight is 230 g/mol. The van der Waals surface area contributed by atoms with Crippen LogP contribution in [0.4, 0.5) is 5.82 Å². The van der Waals surface area contributed by atoms with Gasteiger partial charge in [-0.2, -0.15) is 0 Å². The van der Waals surface area contributed by atoms with E-state index in [0.29, 0.717) is 5.82 Å². The first-order valence-corrected chi connectivity index (χ1v) is 5.37. The minimum absolute atomic E-state index is 0.0494. The predicted molar refractivity (Wildman–Crippen MR) is 67.4 cm³/mol. The van der Waals surface area contributed by atoms with Crippen LogP contribution in [0.1, 0.15) is 5.56 Å². The lowest BCUT2D eigenvalue weighted by Gasteiger charge is -2.18. The molecule has 1 aromatic heterocycles. The Labute approximate surface area is 99.5 Å². The highest BCUT2D eigenvalue weighted by molar-refractivity contribution is 5.82. The third kappa shape index (κ3) is 2.36. The van der Waals surface area contributed by atoms with Crippen molar-refractivity contribution in [2.45, 2.75) is 6.92 Å². The first-order valence-electron chi connectivity index (χ1n) is 5.37. The standard InChI is InChI=1S/C13H14N2O2/c1-9-7-10-5-3-4-6-11(10)14-13(9)15(2)8-12(16)17/h3-7H,8H2,1-2H3,(H,16,17). The van der Waals surface area contributed by atoms with Gasteiger partial charge in [-0.15, -0.1) is 0 Å². The Morgan fingerprint density at radius 1 is 1.41 bits per heavy atom. The third-order valence-electron chi connectivity index (χ3n) is 2.62. The first kappa shape index (κ1) is 11.4. The second-order valence-electron chi connectivity index (χ2n) is 4.07. The Morgan fingerprint density at radius 3 is 2.82 bits per heavy atom. The number of carboxylic acid groups (broad SMARTS) is 1. The van der Waals surface area contributed by atoms with Gasteiger partial charge in [0, 0.05) is 12.4 Å². The molecule has 0 radical (unpaired) electrons. The van der Waals surface area contributed by atoms with Crippen molar-refractivity contribution in [1.82, 2.24) is 4.98 Å². The lowest BCUT2D eigenvalue weighted by atomic mass is 10.1. The van der Waals surface area contributed by atoms with E-state index in [0.717, 1.165) is 16.5 Å². The number of hydrogen-bond acceptors (Lipinski definition) is 3. The summed E-state index contributed by atoms with van der Waals surface area (Å²) in [5.41, 5.74) is 1.86. The zero-order valence-electron chi connectivity index (χ0n) is 9.84. The van der Waals surface area contributed by atoms with E-state index in [9.17, 15) is 4.79 Å². The normalized spacial score (nSPS) is 10.5. The molecule has 4 nitrogen and oxygen atoms in total. The van der Waals surface area contributed by atoms with Crippen LogP contribution in [0.2, 0.25) is 0 Å². The molecule has 0 aliphatic heterocycles. The predicted octanol–water partition coefficient (Wildman–Crippen LogP) is 2.06. The summed E-state index contributed by atoms with van der Waals surface area (Å²) >= 11 is 0. The van der Waals surface area contributed by atoms with Gasteiger partial charge in [0.1, 0.15) is 12.4 Å². The van der Waals surface area contributed by atoms with Gasteiger partial charge < -0.3 is 10.0 Å². The molecule has 0 spiro atoms. The monoisotopic (exact) mass is 230 g/mol. The van der Waals surface area contributed by atoms with Crippen molar-refractivity contribution < 1.29 is 9.90 Å². The number of aryl methyl sites for hydroxylation is 1. The van der Waals surface area contributed by atoms with Crippen LogP contribution in [-0.2, 0) is 4.79 Å². The molecule has 1 N–H and O–H groups in total. The lowest BCUT2D eigenvalue weighted by Crippen LogP contribution is -2.26. The van der Waals surface area contributed by atoms with E-state index in [1.807, 2.05) is 37.3 Å². The van der Waals surface area contributed by atoms with Gasteiger partial charge in [0.2, 0.25) is 0 Å². The molecular weight excluding hydrogens is 216 g/mol. The van der Waals surface area contributed by atoms with E-state index in [2.05, 4.69) is 4.98 Å². The maximum atomic E-state index is 10.7. The molecule has 17 heavy (non-hydrogen) atoms. The number of rotatable bonds is 3. The number of para-hydroxylation sites is 1. The minimum Gasteiger partial charge on any atom is -0.480 e. The Kier molecular flexibility index (Phi) is 2.95. The van der Waals surface area contributed by atoms with Gasteiger partial charge in [0.25, 0.3) is 0 Å². The van der Waals surface area contributed by atoms with Crippen molar-refractivity contribution >= 4 is 22.7 Å². The van der Waals surface area contributed by atoms with Crippen LogP contribution in [0.3, 0.4) is 0 Å². The summed E-state index contributed by atoms with van der Waals surface area (Å²) in [5.74, 6) is -0.145. The zero-order valence-corrected chi connectivity index (χ0v) is 9.84. The van der Waals surface area contributed by atoms with Gasteiger partial charge in [0.05, 0.1) is 5.52 Å². The smallest absolute Gasteiger partial charge is 0.323 e. The number of likely N-dealkylation sites (N-methyl/N-ethyl adjacent to an activating group) is 1. The summed E-state index contributed by atoms with van der Waals surface area (Å²) in [7, 11) is 1.73. The molecule has 1 heterocycles. The van der Waals surface area contributed by atoms with Gasteiger partial charge in [-0.1, -0.05) is 18.2 Å². The Bertz CT molecular complexity index is 566. The quantitative estimate of drug-likeness (QED) is 0.877. The van der Waals surface area contributed by atoms with Gasteiger partial charge in [-0.25, -0.2) is 4.98 Å². The molecule has 4 heteroatoms. The van der Waals surface area contributed by atoms with Crippen LogP contribution in [-0.4, -0.2) is 29.7 Å². The molecule has 0 aliphatic rings. The number of aliphatic carboxylic acids is 1. The maximum Gasteiger partial charge on any atom is 0.323 e. The van der Waals surface area contributed by atoms with Crippen LogP contribution in [0.5, 0.6) is 0 Å². The van der Waals surface area contributed by atoms with Gasteiger partial charge in [-0.3, -0.25) is 4.79 Å². The number of aromatic nitrogens is 1. The number of hydrogen-bond donors (Lipinski definition) is 1. The number of fused-ring (bicyclic) bond motifs is 1. The molecule has 0 atom stereocenters. The van der Waals surface area contributed by atoms with E-state index < -0.39 is 5.97 Å². The number of carbonyl (C=O) groups is 1. The Morgan fingerprint density at radius 2 is 2.12 bits per heavy atom. The fraction of sp³-hybridized carbons (Fsp3) is 0.231. The van der Waals surface area contributed by atoms with E-state index in [1.165, 1.54) is 0 Å². The summed E-state index contributed by atoms with van der Waals surface area (Å²) in [6, 6.07) is 9.83. The lowest BCUT2D eigenvalue weighted by molar-refractivity contribution is -0.135. The van der Waals surface area contributed by atoms with E-state index in [1.54, 1.807) is 11.9 Å². The van der Waals surface area contributed by atoms with E-state index >= 15 is 0 Å². The Balaban J connectivity index is 2.46. The van der Waals surface area contributed by atoms with Crippen molar-refractivity contribution in [3.05, 3.63) is 35.9 Å². The summed E-state index contributed by atoms with van der Waals surface area (Å²) in [6.07, 6.45) is 0. The second kappa shape index (κ2) is 4.41. The second-order valence-corrected chi connectivity index (χ2v) is 4.07. The van der Waals surface area contributed by atoms with Gasteiger partial charge in [-0.05, 0) is 24.6 Å². The average Bonchev–Trinajstić information content (AvgIpc) is 2.27. The molecule has 0 saturated carbocycles. The summed E-state index contributed by atoms with van der Waals surface area (Å²) in [4.78, 5) is 16.8. The number of nitrogens with zero attached hydrogens (tertiary/aromatic N) is 2. The van der Waals surface area contributed by atoms with Gasteiger partial charge >= 0.3 is 5.97 Å². The number of benzene rings is 1. The molecular formula is C13H14N2O2. The van der Waals surface area contributed by atoms with Crippen LogP contribution < -0.4 is 4.90 Å². The molecule has 1 aromatic carbocycles. The SMILES string of the molecule is Cc1cc2ccccc2nc1N(C)CC(=O)O. The molecule has 0 saturated heterocycles. The van der Waals surface area contributed by atoms with E-state index in [-0.39, 0.29) is 6.54 Å². The molecule has 2 aromatic rings. The highest BCUT2D eigenvalue weighted by Crippen LogP contribution is 2.21. The molecule has 0 bridgehead atoms. The minimum atomic E-state index is -0.859. The summed E-state index contributed by atoms with van der Waals surface area (Å²) in [6.45, 7) is 1.89. The van der Waals surface area contributed by atoms with Crippen molar-refractivity contribution in [3.8, 4) is 0 Å². The largest absolute Gasteiger partial charge is 0.480 e. The molecule has 0 unspecified atom stereocenters. The zero-order chi connectivity index (χ0) is 12.4. The van der Waals surface area contributed by atoms with E-state index in [4.69, 9.17) is 5.11 Å². The molecule has 88 valence electrons. The fourth-order valence-corrected chi connectivity index (χ4v) is 1.88. The van der Waals surface area contributed by atoms with Crippen molar-refractivity contribution in [1.29, 1.82) is 0 Å². The number of anilines is 1. The maximum absolute atomic E-state index is 10.7. The van der Waals surface area contributed by atoms with Crippen molar-refractivity contribution in [2.24, 2.45) is 0 Å². The number of pyridine rings is 1. The van der Waals surface area contributed by atoms with Crippen molar-refractivity contribution in [3.63, 3.8) is 0 Å². The van der Waals surface area contributed by atoms with Gasteiger partial charge in [0.15, 0.2) is 0 Å². The number of carboxylic acids is 1.